The van der Waals surface area contributed by atoms with Gasteiger partial charge in [0.25, 0.3) is 0 Å². The summed E-state index contributed by atoms with van der Waals surface area (Å²) in [6.45, 7) is 1.71. The van der Waals surface area contributed by atoms with Crippen LogP contribution in [0.5, 0.6) is 0 Å². The van der Waals surface area contributed by atoms with Crippen LogP contribution in [0, 0.1) is 3.70 Å². The lowest BCUT2D eigenvalue weighted by atomic mass is 10.1. The van der Waals surface area contributed by atoms with Gasteiger partial charge in [-0.1, -0.05) is 12.1 Å². The molecule has 11 heteroatoms. The van der Waals surface area contributed by atoms with E-state index in [2.05, 4.69) is 47.7 Å². The monoisotopic (exact) mass is 578 g/mol. The van der Waals surface area contributed by atoms with Crippen molar-refractivity contribution < 1.29 is 19.7 Å². The van der Waals surface area contributed by atoms with Gasteiger partial charge in [0.1, 0.15) is 8.54 Å². The molecule has 0 bridgehead atoms. The Morgan fingerprint density at radius 3 is 2.23 bits per heavy atom. The van der Waals surface area contributed by atoms with Crippen LogP contribution in [0.3, 0.4) is 0 Å². The van der Waals surface area contributed by atoms with Crippen LogP contribution in [0.1, 0.15) is 28.5 Å². The number of nitrogens with zero attached hydrogens (tertiary/aromatic N) is 2. The molecule has 0 aliphatic heterocycles. The van der Waals surface area contributed by atoms with Crippen molar-refractivity contribution in [2.45, 2.75) is 25.0 Å². The quantitative estimate of drug-likeness (QED) is 0.163. The molecule has 4 N–H and O–H groups in total. The van der Waals surface area contributed by atoms with Crippen LogP contribution in [0.2, 0.25) is 0 Å². The number of methoxy groups -OCH3 is 1. The smallest absolute Gasteiger partial charge is 0.359 e. The number of aromatic nitrogens is 4. The molecule has 0 atom stereocenters. The molecule has 0 unspecified atom stereocenters. The zero-order valence-electron chi connectivity index (χ0n) is 16.7. The molecular weight excluding hydrogens is 558 g/mol. The lowest BCUT2D eigenvalue weighted by Crippen LogP contribution is -2.02. The summed E-state index contributed by atoms with van der Waals surface area (Å²) < 4.78 is 5.60. The lowest BCUT2D eigenvalue weighted by Gasteiger charge is -1.97. The van der Waals surface area contributed by atoms with Crippen molar-refractivity contribution in [3.05, 3.63) is 56.9 Å². The van der Waals surface area contributed by atoms with E-state index in [4.69, 9.17) is 33.4 Å². The SMILES string of the molecule is CC(Cl)Cl.COC(=O)c1n[nH]c2ccc(CO)cc12.OCc1ccc2n[nH]c(I)c2c1. The first-order valence-corrected chi connectivity index (χ1v) is 10.9. The Balaban J connectivity index is 0.000000192. The van der Waals surface area contributed by atoms with E-state index >= 15 is 0 Å². The van der Waals surface area contributed by atoms with Crippen LogP contribution in [-0.4, -0.2) is 48.5 Å². The summed E-state index contributed by atoms with van der Waals surface area (Å²) in [6.07, 6.45) is 0. The second-order valence-corrected chi connectivity index (χ2v) is 8.78. The fourth-order valence-electron chi connectivity index (χ4n) is 2.54. The second kappa shape index (κ2) is 12.2. The minimum atomic E-state index is -0.490. The van der Waals surface area contributed by atoms with Gasteiger partial charge in [-0.2, -0.15) is 10.2 Å². The number of esters is 1. The van der Waals surface area contributed by atoms with Crippen molar-refractivity contribution in [3.8, 4) is 0 Å². The van der Waals surface area contributed by atoms with Crippen LogP contribution in [0.15, 0.2) is 36.4 Å². The molecule has 0 radical (unpaired) electrons. The van der Waals surface area contributed by atoms with E-state index in [0.29, 0.717) is 5.39 Å². The zero-order chi connectivity index (χ0) is 23.0. The number of hydrogen-bond acceptors (Lipinski definition) is 6. The van der Waals surface area contributed by atoms with Gasteiger partial charge < -0.3 is 14.9 Å². The number of H-pyrrole nitrogens is 2. The van der Waals surface area contributed by atoms with Gasteiger partial charge in [0.15, 0.2) is 5.69 Å². The molecular formula is C20H21Cl2IN4O4. The summed E-state index contributed by atoms with van der Waals surface area (Å²) in [7, 11) is 1.30. The molecule has 2 aromatic carbocycles. The number of aromatic amines is 2. The molecule has 4 aromatic rings. The van der Waals surface area contributed by atoms with Gasteiger partial charge in [0.05, 0.1) is 31.4 Å². The summed E-state index contributed by atoms with van der Waals surface area (Å²) >= 11 is 12.3. The van der Waals surface area contributed by atoms with Crippen molar-refractivity contribution in [2.24, 2.45) is 0 Å². The van der Waals surface area contributed by atoms with E-state index in [1.807, 2.05) is 18.2 Å². The average Bonchev–Trinajstić information content (AvgIpc) is 3.36. The van der Waals surface area contributed by atoms with Crippen LogP contribution in [-0.2, 0) is 18.0 Å². The third-order valence-electron chi connectivity index (χ3n) is 3.94. The van der Waals surface area contributed by atoms with E-state index < -0.39 is 5.97 Å². The van der Waals surface area contributed by atoms with Crippen molar-refractivity contribution >= 4 is 73.6 Å². The molecule has 0 aliphatic carbocycles. The standard InChI is InChI=1S/C10H10N2O3.C8H7IN2O.C2H4Cl2/c1-15-10(14)9-7-4-6(5-13)2-3-8(7)11-12-9;9-8-6-3-5(4-12)1-2-7(6)10-11-8;1-2(3)4/h2-4,13H,5H2,1H3,(H,11,12);1-3,12H,4H2,(H,10,11);2H,1H3. The Labute approximate surface area is 202 Å². The predicted molar refractivity (Wildman–Crippen MR) is 129 cm³/mol. The molecule has 31 heavy (non-hydrogen) atoms. The summed E-state index contributed by atoms with van der Waals surface area (Å²) in [5.41, 5.74) is 3.57. The van der Waals surface area contributed by atoms with E-state index in [1.54, 1.807) is 25.1 Å². The Morgan fingerprint density at radius 1 is 1.06 bits per heavy atom. The van der Waals surface area contributed by atoms with Crippen molar-refractivity contribution in [1.29, 1.82) is 0 Å². The number of carbonyl (C=O) groups excluding carboxylic acids is 1. The molecule has 2 heterocycles. The number of carbonyl (C=O) groups is 1. The topological polar surface area (TPSA) is 124 Å². The number of aliphatic hydroxyl groups excluding tert-OH is 2. The van der Waals surface area contributed by atoms with Gasteiger partial charge in [-0.25, -0.2) is 4.79 Å². The number of aliphatic hydroxyl groups is 2. The Bertz CT molecular complexity index is 1140. The molecule has 8 nitrogen and oxygen atoms in total. The summed E-state index contributed by atoms with van der Waals surface area (Å²) in [5, 5.41) is 33.1. The highest BCUT2D eigenvalue weighted by Gasteiger charge is 2.14. The van der Waals surface area contributed by atoms with E-state index in [9.17, 15) is 4.79 Å². The van der Waals surface area contributed by atoms with E-state index in [0.717, 1.165) is 31.2 Å². The molecule has 0 saturated heterocycles. The van der Waals surface area contributed by atoms with Crippen LogP contribution >= 0.6 is 45.8 Å². The minimum Gasteiger partial charge on any atom is -0.464 e. The Hall–Kier alpha value is -1.92. The highest BCUT2D eigenvalue weighted by Crippen LogP contribution is 2.19. The van der Waals surface area contributed by atoms with Gasteiger partial charge >= 0.3 is 5.97 Å². The third-order valence-corrected chi connectivity index (χ3v) is 4.77. The molecule has 0 aliphatic rings. The fraction of sp³-hybridized carbons (Fsp3) is 0.250. The minimum absolute atomic E-state index is 0.0677. The van der Waals surface area contributed by atoms with Gasteiger partial charge in [-0.05, 0) is 64.9 Å². The molecule has 166 valence electrons. The average molecular weight is 579 g/mol. The largest absolute Gasteiger partial charge is 0.464 e. The number of rotatable bonds is 3. The fourth-order valence-corrected chi connectivity index (χ4v) is 3.09. The zero-order valence-corrected chi connectivity index (χ0v) is 20.4. The summed E-state index contributed by atoms with van der Waals surface area (Å²) in [6, 6.07) is 11.0. The van der Waals surface area contributed by atoms with Gasteiger partial charge in [-0.3, -0.25) is 10.2 Å². The second-order valence-electron chi connectivity index (χ2n) is 6.17. The number of nitrogens with one attached hydrogen (secondary N) is 2. The summed E-state index contributed by atoms with van der Waals surface area (Å²) in [4.78, 5) is 11.1. The third kappa shape index (κ3) is 7.04. The molecule has 2 aromatic heterocycles. The number of fused-ring (bicyclic) bond motifs is 2. The van der Waals surface area contributed by atoms with E-state index in [1.165, 1.54) is 7.11 Å². The molecule has 0 amide bonds. The molecule has 0 saturated carbocycles. The molecule has 0 fully saturated rings. The maximum atomic E-state index is 11.3. The Kier molecular flexibility index (Phi) is 9.97. The van der Waals surface area contributed by atoms with Crippen LogP contribution in [0.25, 0.3) is 21.8 Å². The van der Waals surface area contributed by atoms with Crippen LogP contribution in [0.4, 0.5) is 0 Å². The first-order chi connectivity index (χ1) is 14.8. The number of hydrogen-bond donors (Lipinski definition) is 4. The van der Waals surface area contributed by atoms with Crippen molar-refractivity contribution in [1.82, 2.24) is 20.4 Å². The first kappa shape index (κ1) is 25.3. The van der Waals surface area contributed by atoms with Gasteiger partial charge in [0, 0.05) is 10.8 Å². The normalized spacial score (nSPS) is 10.5. The molecule has 0 spiro atoms. The number of alkyl halides is 2. The number of halogens is 3. The van der Waals surface area contributed by atoms with Crippen molar-refractivity contribution in [3.63, 3.8) is 0 Å². The maximum absolute atomic E-state index is 11.3. The van der Waals surface area contributed by atoms with E-state index in [-0.39, 0.29) is 23.7 Å². The molecule has 4 rings (SSSR count). The number of ether oxygens (including phenoxy) is 1. The maximum Gasteiger partial charge on any atom is 0.359 e. The van der Waals surface area contributed by atoms with Crippen molar-refractivity contribution in [2.75, 3.05) is 7.11 Å². The summed E-state index contributed by atoms with van der Waals surface area (Å²) in [5.74, 6) is -0.490. The Morgan fingerprint density at radius 2 is 1.65 bits per heavy atom. The highest BCUT2D eigenvalue weighted by molar-refractivity contribution is 14.1. The highest BCUT2D eigenvalue weighted by atomic mass is 127. The van der Waals surface area contributed by atoms with Gasteiger partial charge in [0.2, 0.25) is 0 Å². The van der Waals surface area contributed by atoms with Crippen LogP contribution < -0.4 is 0 Å². The lowest BCUT2D eigenvalue weighted by molar-refractivity contribution is 0.0596. The predicted octanol–water partition coefficient (Wildman–Crippen LogP) is 4.31. The number of benzene rings is 2. The van der Waals surface area contributed by atoms with Gasteiger partial charge in [-0.15, -0.1) is 23.2 Å². The first-order valence-electron chi connectivity index (χ1n) is 8.98.